The third-order valence-electron chi connectivity index (χ3n) is 2.93. The molecule has 6 heteroatoms. The van der Waals surface area contributed by atoms with Crippen LogP contribution in [0.25, 0.3) is 0 Å². The molecule has 1 aromatic heterocycles. The van der Waals surface area contributed by atoms with Crippen LogP contribution in [-0.4, -0.2) is 18.0 Å². The van der Waals surface area contributed by atoms with Gasteiger partial charge in [0.05, 0.1) is 6.20 Å². The molecule has 0 bridgehead atoms. The summed E-state index contributed by atoms with van der Waals surface area (Å²) in [6.45, 7) is 10.4. The Labute approximate surface area is 96.3 Å². The average Bonchev–Trinajstić information content (AvgIpc) is 2.08. The molecule has 0 unspecified atom stereocenters. The number of nitrogens with two attached hydrogens (primary N) is 1. The zero-order chi connectivity index (χ0) is 12.6. The van der Waals surface area contributed by atoms with Crippen molar-refractivity contribution in [2.75, 3.05) is 5.73 Å². The highest BCUT2D eigenvalue weighted by Crippen LogP contribution is 2.34. The van der Waals surface area contributed by atoms with Gasteiger partial charge < -0.3 is 10.3 Å². The summed E-state index contributed by atoms with van der Waals surface area (Å²) in [7, 11) is -2.01. The van der Waals surface area contributed by atoms with Crippen LogP contribution in [0.4, 0.5) is 5.82 Å². The van der Waals surface area contributed by atoms with E-state index < -0.39 is 14.0 Å². The minimum Gasteiger partial charge on any atom is -0.466 e. The summed E-state index contributed by atoms with van der Waals surface area (Å²) in [5, 5.41) is 0.0355. The van der Waals surface area contributed by atoms with Crippen LogP contribution in [0.3, 0.4) is 0 Å². The maximum atomic E-state index is 11.5. The van der Waals surface area contributed by atoms with E-state index in [1.54, 1.807) is 6.07 Å². The van der Waals surface area contributed by atoms with E-state index in [2.05, 4.69) is 38.8 Å². The fourth-order valence-electron chi connectivity index (χ4n) is 0.857. The van der Waals surface area contributed by atoms with E-state index in [4.69, 9.17) is 10.3 Å². The molecule has 0 aliphatic carbocycles. The summed E-state index contributed by atoms with van der Waals surface area (Å²) in [6, 6.07) is 1.55. The molecule has 0 atom stereocenters. The predicted molar refractivity (Wildman–Crippen MR) is 66.7 cm³/mol. The van der Waals surface area contributed by atoms with E-state index in [-0.39, 0.29) is 10.9 Å². The molecule has 1 rings (SSSR count). The van der Waals surface area contributed by atoms with Gasteiger partial charge in [-0.25, -0.2) is 4.79 Å². The Hall–Kier alpha value is -1.30. The van der Waals surface area contributed by atoms with Crippen molar-refractivity contribution < 1.29 is 4.53 Å². The Morgan fingerprint density at radius 3 is 2.44 bits per heavy atom. The van der Waals surface area contributed by atoms with E-state index in [9.17, 15) is 4.79 Å². The zero-order valence-corrected chi connectivity index (χ0v) is 11.4. The van der Waals surface area contributed by atoms with Crippen LogP contribution in [0.15, 0.2) is 17.1 Å². The number of aromatic nitrogens is 2. The van der Waals surface area contributed by atoms with Crippen LogP contribution in [0, 0.1) is 0 Å². The molecule has 0 saturated heterocycles. The molecule has 0 fully saturated rings. The lowest BCUT2D eigenvalue weighted by Crippen LogP contribution is -2.50. The number of hydrogen-bond acceptors (Lipinski definition) is 4. The van der Waals surface area contributed by atoms with Gasteiger partial charge in [0.15, 0.2) is 0 Å². The molecule has 0 spiro atoms. The van der Waals surface area contributed by atoms with E-state index in [1.165, 1.54) is 10.9 Å². The second-order valence-corrected chi connectivity index (χ2v) is 10.0. The van der Waals surface area contributed by atoms with Gasteiger partial charge in [-0.1, -0.05) is 20.8 Å². The normalized spacial score (nSPS) is 12.6. The molecule has 1 aromatic rings. The highest BCUT2D eigenvalue weighted by atomic mass is 28.4. The first kappa shape index (κ1) is 12.8. The zero-order valence-electron chi connectivity index (χ0n) is 10.4. The molecule has 2 N–H and O–H groups in total. The number of hydrogen-bond donors (Lipinski definition) is 1. The lowest BCUT2D eigenvalue weighted by molar-refractivity contribution is 0.233. The first-order chi connectivity index (χ1) is 7.13. The number of anilines is 1. The summed E-state index contributed by atoms with van der Waals surface area (Å²) < 4.78 is 6.95. The molecule has 0 amide bonds. The van der Waals surface area contributed by atoms with Crippen molar-refractivity contribution in [1.82, 2.24) is 9.71 Å². The lowest BCUT2D eigenvalue weighted by atomic mass is 10.2. The van der Waals surface area contributed by atoms with Crippen molar-refractivity contribution >= 4 is 14.1 Å². The molecule has 0 aliphatic rings. The van der Waals surface area contributed by atoms with Crippen LogP contribution in [0.1, 0.15) is 20.8 Å². The van der Waals surface area contributed by atoms with Crippen LogP contribution in [-0.2, 0) is 0 Å². The van der Waals surface area contributed by atoms with Gasteiger partial charge in [-0.2, -0.15) is 9.71 Å². The van der Waals surface area contributed by atoms with Gasteiger partial charge in [0.25, 0.3) is 8.32 Å². The van der Waals surface area contributed by atoms with Gasteiger partial charge in [0, 0.05) is 6.07 Å². The summed E-state index contributed by atoms with van der Waals surface area (Å²) in [5.41, 5.74) is 4.94. The Balaban J connectivity index is 3.02. The molecule has 0 aliphatic heterocycles. The molecular weight excluding hydrogens is 222 g/mol. The molecule has 0 radical (unpaired) electrons. The van der Waals surface area contributed by atoms with Crippen molar-refractivity contribution in [2.24, 2.45) is 0 Å². The number of nitrogens with zero attached hydrogens (tertiary/aromatic N) is 2. The standard InChI is InChI=1S/C10H19N3O2Si/c1-10(2,3)16(4,5)15-13-7-6-8(11)12-9(13)14/h6-7H,1-5H3,(H2,11,12,14). The lowest BCUT2D eigenvalue weighted by Gasteiger charge is -2.35. The maximum Gasteiger partial charge on any atom is 0.380 e. The maximum absolute atomic E-state index is 11.5. The van der Waals surface area contributed by atoms with Crippen LogP contribution >= 0.6 is 0 Å². The minimum absolute atomic E-state index is 0.0355. The smallest absolute Gasteiger partial charge is 0.380 e. The van der Waals surface area contributed by atoms with E-state index in [0.717, 1.165) is 0 Å². The minimum atomic E-state index is -2.01. The van der Waals surface area contributed by atoms with Crippen molar-refractivity contribution in [3.05, 3.63) is 22.7 Å². The highest BCUT2D eigenvalue weighted by Gasteiger charge is 2.40. The number of rotatable bonds is 2. The molecule has 90 valence electrons. The number of nitrogen functional groups attached to an aromatic ring is 1. The van der Waals surface area contributed by atoms with E-state index in [1.807, 2.05) is 0 Å². The fourth-order valence-corrected chi connectivity index (χ4v) is 1.76. The third-order valence-corrected chi connectivity index (χ3v) is 7.19. The fraction of sp³-hybridized carbons (Fsp3) is 0.600. The van der Waals surface area contributed by atoms with Crippen molar-refractivity contribution in [1.29, 1.82) is 0 Å². The Bertz CT molecular complexity index is 434. The topological polar surface area (TPSA) is 70.1 Å². The van der Waals surface area contributed by atoms with Crippen LogP contribution in [0.5, 0.6) is 0 Å². The monoisotopic (exact) mass is 241 g/mol. The van der Waals surface area contributed by atoms with Gasteiger partial charge in [0.1, 0.15) is 5.82 Å². The first-order valence-corrected chi connectivity index (χ1v) is 8.09. The second kappa shape index (κ2) is 3.93. The predicted octanol–water partition coefficient (Wildman–Crippen LogP) is 1.26. The molecule has 0 aromatic carbocycles. The Morgan fingerprint density at radius 1 is 1.44 bits per heavy atom. The van der Waals surface area contributed by atoms with Crippen molar-refractivity contribution in [3.63, 3.8) is 0 Å². The van der Waals surface area contributed by atoms with Crippen LogP contribution in [0.2, 0.25) is 18.1 Å². The van der Waals surface area contributed by atoms with E-state index in [0.29, 0.717) is 0 Å². The first-order valence-electron chi connectivity index (χ1n) is 5.18. The Kier molecular flexibility index (Phi) is 3.14. The van der Waals surface area contributed by atoms with Gasteiger partial charge in [-0.15, -0.1) is 0 Å². The van der Waals surface area contributed by atoms with Crippen molar-refractivity contribution in [3.8, 4) is 0 Å². The molecule has 0 saturated carbocycles. The third kappa shape index (κ3) is 2.63. The average molecular weight is 241 g/mol. The largest absolute Gasteiger partial charge is 0.466 e. The SMILES string of the molecule is CC(C)(C)[Si](C)(C)On1ccc(N)nc1=O. The van der Waals surface area contributed by atoms with Gasteiger partial charge in [-0.3, -0.25) is 0 Å². The second-order valence-electron chi connectivity index (χ2n) is 5.31. The molecule has 16 heavy (non-hydrogen) atoms. The van der Waals surface area contributed by atoms with Crippen molar-refractivity contribution in [2.45, 2.75) is 38.9 Å². The van der Waals surface area contributed by atoms with Gasteiger partial charge in [-0.05, 0) is 18.1 Å². The highest BCUT2D eigenvalue weighted by molar-refractivity contribution is 6.74. The van der Waals surface area contributed by atoms with Gasteiger partial charge in [0.2, 0.25) is 0 Å². The summed E-state index contributed by atoms with van der Waals surface area (Å²) in [6.07, 6.45) is 1.52. The quantitative estimate of drug-likeness (QED) is 0.791. The van der Waals surface area contributed by atoms with E-state index >= 15 is 0 Å². The molecular formula is C10H19N3O2Si. The summed E-state index contributed by atoms with van der Waals surface area (Å²) in [5.74, 6) is 0.208. The van der Waals surface area contributed by atoms with Gasteiger partial charge >= 0.3 is 5.69 Å². The van der Waals surface area contributed by atoms with Crippen LogP contribution < -0.4 is 16.0 Å². The summed E-state index contributed by atoms with van der Waals surface area (Å²) in [4.78, 5) is 15.1. The molecule has 1 heterocycles. The summed E-state index contributed by atoms with van der Waals surface area (Å²) >= 11 is 0. The molecule has 5 nitrogen and oxygen atoms in total. The Morgan fingerprint density at radius 2 is 2.00 bits per heavy atom.